The number of nitro groups is 1. The zero-order chi connectivity index (χ0) is 14.1. The number of benzene rings is 1. The lowest BCUT2D eigenvalue weighted by Crippen LogP contribution is -1.99. The van der Waals surface area contributed by atoms with Crippen molar-refractivity contribution >= 4 is 22.3 Å². The number of fused-ring (bicyclic) bond motifs is 1. The van der Waals surface area contributed by atoms with Gasteiger partial charge in [0.05, 0.1) is 4.92 Å². The molecule has 98 valence electrons. The van der Waals surface area contributed by atoms with Crippen molar-refractivity contribution in [2.24, 2.45) is 0 Å². The number of pyridine rings is 2. The molecule has 0 atom stereocenters. The van der Waals surface area contributed by atoms with Gasteiger partial charge in [0.15, 0.2) is 5.69 Å². The zero-order valence-electron chi connectivity index (χ0n) is 10.4. The Morgan fingerprint density at radius 3 is 2.70 bits per heavy atom. The summed E-state index contributed by atoms with van der Waals surface area (Å²) in [6, 6.07) is 10.3. The first-order chi connectivity index (χ1) is 9.66. The van der Waals surface area contributed by atoms with E-state index in [9.17, 15) is 10.1 Å². The molecule has 0 unspecified atom stereocenters. The van der Waals surface area contributed by atoms with Crippen LogP contribution in [0.4, 0.5) is 11.5 Å². The van der Waals surface area contributed by atoms with Gasteiger partial charge in [-0.25, -0.2) is 4.98 Å². The summed E-state index contributed by atoms with van der Waals surface area (Å²) >= 11 is 0. The maximum absolute atomic E-state index is 11.1. The van der Waals surface area contributed by atoms with Crippen LogP contribution in [0.25, 0.3) is 22.0 Å². The van der Waals surface area contributed by atoms with Gasteiger partial charge >= 0.3 is 0 Å². The Labute approximate surface area is 114 Å². The van der Waals surface area contributed by atoms with Gasteiger partial charge in [0.1, 0.15) is 5.82 Å². The average molecular weight is 266 g/mol. The molecule has 0 radical (unpaired) electrons. The maximum atomic E-state index is 11.1. The summed E-state index contributed by atoms with van der Waals surface area (Å²) in [5, 5.41) is 12.9. The van der Waals surface area contributed by atoms with Crippen molar-refractivity contribution in [3.8, 4) is 11.3 Å². The van der Waals surface area contributed by atoms with Crippen LogP contribution < -0.4 is 5.73 Å². The molecular weight excluding hydrogens is 256 g/mol. The number of rotatable bonds is 2. The van der Waals surface area contributed by atoms with E-state index in [1.807, 2.05) is 24.3 Å². The van der Waals surface area contributed by atoms with E-state index in [2.05, 4.69) is 9.97 Å². The Morgan fingerprint density at radius 1 is 1.10 bits per heavy atom. The first-order valence-corrected chi connectivity index (χ1v) is 5.91. The Bertz CT molecular complexity index is 812. The van der Waals surface area contributed by atoms with Crippen LogP contribution in [0, 0.1) is 10.1 Å². The van der Waals surface area contributed by atoms with Crippen LogP contribution in [-0.2, 0) is 0 Å². The summed E-state index contributed by atoms with van der Waals surface area (Å²) in [5.74, 6) is 0.235. The van der Waals surface area contributed by atoms with E-state index in [1.54, 1.807) is 12.4 Å². The summed E-state index contributed by atoms with van der Waals surface area (Å²) in [6.07, 6.45) is 3.27. The van der Waals surface area contributed by atoms with Crippen molar-refractivity contribution in [2.45, 2.75) is 0 Å². The fourth-order valence-electron chi connectivity index (χ4n) is 2.12. The molecule has 0 spiro atoms. The standard InChI is InChI=1S/C14H10N4O2/c15-13-6-5-12(18(19)20)14(17-13)11-8-16-7-9-3-1-2-4-10(9)11/h1-8H,(H2,15,17). The second-order valence-corrected chi connectivity index (χ2v) is 4.27. The molecule has 2 heterocycles. The van der Waals surface area contributed by atoms with Crippen molar-refractivity contribution in [3.63, 3.8) is 0 Å². The SMILES string of the molecule is Nc1ccc([N+](=O)[O-])c(-c2cncc3ccccc23)n1. The van der Waals surface area contributed by atoms with Crippen LogP contribution in [-0.4, -0.2) is 14.9 Å². The van der Waals surface area contributed by atoms with Gasteiger partial charge in [-0.1, -0.05) is 24.3 Å². The van der Waals surface area contributed by atoms with Gasteiger partial charge in [-0.15, -0.1) is 0 Å². The number of nitrogens with zero attached hydrogens (tertiary/aromatic N) is 3. The molecular formula is C14H10N4O2. The second kappa shape index (κ2) is 4.58. The van der Waals surface area contributed by atoms with Crippen molar-refractivity contribution in [1.29, 1.82) is 0 Å². The van der Waals surface area contributed by atoms with Gasteiger partial charge in [0, 0.05) is 29.4 Å². The van der Waals surface area contributed by atoms with Crippen molar-refractivity contribution in [1.82, 2.24) is 9.97 Å². The number of nitrogens with two attached hydrogens (primary N) is 1. The highest BCUT2D eigenvalue weighted by molar-refractivity contribution is 5.96. The van der Waals surface area contributed by atoms with Crippen LogP contribution in [0.5, 0.6) is 0 Å². The molecule has 0 amide bonds. The summed E-state index contributed by atoms with van der Waals surface area (Å²) in [4.78, 5) is 18.9. The molecule has 6 nitrogen and oxygen atoms in total. The highest BCUT2D eigenvalue weighted by Crippen LogP contribution is 2.33. The monoisotopic (exact) mass is 266 g/mol. The van der Waals surface area contributed by atoms with Gasteiger partial charge in [-0.05, 0) is 11.5 Å². The summed E-state index contributed by atoms with van der Waals surface area (Å²) in [6.45, 7) is 0. The normalized spacial score (nSPS) is 10.6. The Kier molecular flexibility index (Phi) is 2.76. The minimum atomic E-state index is -0.469. The average Bonchev–Trinajstić information content (AvgIpc) is 2.46. The number of hydrogen-bond acceptors (Lipinski definition) is 5. The highest BCUT2D eigenvalue weighted by Gasteiger charge is 2.19. The van der Waals surface area contributed by atoms with Gasteiger partial charge in [0.2, 0.25) is 0 Å². The lowest BCUT2D eigenvalue weighted by atomic mass is 10.0. The molecule has 2 N–H and O–H groups in total. The lowest BCUT2D eigenvalue weighted by Gasteiger charge is -2.06. The van der Waals surface area contributed by atoms with E-state index in [4.69, 9.17) is 5.73 Å². The minimum Gasteiger partial charge on any atom is -0.384 e. The summed E-state index contributed by atoms with van der Waals surface area (Å²) in [7, 11) is 0. The molecule has 0 aliphatic heterocycles. The van der Waals surface area contributed by atoms with Crippen LogP contribution in [0.2, 0.25) is 0 Å². The van der Waals surface area contributed by atoms with E-state index in [1.165, 1.54) is 12.1 Å². The number of nitrogen functional groups attached to an aromatic ring is 1. The van der Waals surface area contributed by atoms with Crippen LogP contribution in [0.15, 0.2) is 48.8 Å². The quantitative estimate of drug-likeness (QED) is 0.568. The second-order valence-electron chi connectivity index (χ2n) is 4.27. The smallest absolute Gasteiger partial charge is 0.295 e. The number of anilines is 1. The van der Waals surface area contributed by atoms with Crippen molar-refractivity contribution in [3.05, 3.63) is 58.9 Å². The largest absolute Gasteiger partial charge is 0.384 e. The first-order valence-electron chi connectivity index (χ1n) is 5.91. The third-order valence-corrected chi connectivity index (χ3v) is 3.02. The minimum absolute atomic E-state index is 0.0858. The molecule has 0 fully saturated rings. The van der Waals surface area contributed by atoms with Gasteiger partial charge in [0.25, 0.3) is 5.69 Å². The summed E-state index contributed by atoms with van der Waals surface area (Å²) in [5.41, 5.74) is 6.40. The third kappa shape index (κ3) is 1.93. The van der Waals surface area contributed by atoms with Crippen LogP contribution in [0.3, 0.4) is 0 Å². The Morgan fingerprint density at radius 2 is 1.90 bits per heavy atom. The van der Waals surface area contributed by atoms with Gasteiger partial charge in [-0.2, -0.15) is 0 Å². The lowest BCUT2D eigenvalue weighted by molar-refractivity contribution is -0.384. The van der Waals surface area contributed by atoms with E-state index in [-0.39, 0.29) is 17.2 Å². The maximum Gasteiger partial charge on any atom is 0.295 e. The highest BCUT2D eigenvalue weighted by atomic mass is 16.6. The first kappa shape index (κ1) is 12.0. The third-order valence-electron chi connectivity index (χ3n) is 3.02. The molecule has 3 rings (SSSR count). The Hall–Kier alpha value is -3.02. The van der Waals surface area contributed by atoms with Crippen molar-refractivity contribution < 1.29 is 4.92 Å². The zero-order valence-corrected chi connectivity index (χ0v) is 10.4. The molecule has 0 saturated heterocycles. The topological polar surface area (TPSA) is 94.9 Å². The molecule has 2 aromatic heterocycles. The molecule has 0 bridgehead atoms. The number of aromatic nitrogens is 2. The molecule has 6 heteroatoms. The van der Waals surface area contributed by atoms with Crippen LogP contribution in [0.1, 0.15) is 0 Å². The fraction of sp³-hybridized carbons (Fsp3) is 0. The molecule has 0 saturated carbocycles. The van der Waals surface area contributed by atoms with E-state index in [0.717, 1.165) is 10.8 Å². The van der Waals surface area contributed by atoms with E-state index >= 15 is 0 Å². The molecule has 20 heavy (non-hydrogen) atoms. The molecule has 3 aromatic rings. The predicted octanol–water partition coefficient (Wildman–Crippen LogP) is 2.79. The summed E-state index contributed by atoms with van der Waals surface area (Å²) < 4.78 is 0. The van der Waals surface area contributed by atoms with E-state index in [0.29, 0.717) is 5.56 Å². The Balaban J connectivity index is 2.36. The molecule has 1 aromatic carbocycles. The van der Waals surface area contributed by atoms with Crippen molar-refractivity contribution in [2.75, 3.05) is 5.73 Å². The molecule has 0 aliphatic carbocycles. The fourth-order valence-corrected chi connectivity index (χ4v) is 2.12. The predicted molar refractivity (Wildman–Crippen MR) is 76.0 cm³/mol. The van der Waals surface area contributed by atoms with Gasteiger partial charge < -0.3 is 5.73 Å². The van der Waals surface area contributed by atoms with E-state index < -0.39 is 4.92 Å². The van der Waals surface area contributed by atoms with Crippen LogP contribution >= 0.6 is 0 Å². The number of hydrogen-bond donors (Lipinski definition) is 1. The van der Waals surface area contributed by atoms with Gasteiger partial charge in [-0.3, -0.25) is 15.1 Å². The molecule has 0 aliphatic rings.